The molecule has 1 aliphatic heterocycles. The fourth-order valence-electron chi connectivity index (χ4n) is 5.26. The van der Waals surface area contributed by atoms with E-state index in [0.717, 1.165) is 47.7 Å². The van der Waals surface area contributed by atoms with E-state index < -0.39 is 6.16 Å². The Balaban J connectivity index is 1.41. The number of thioether (sulfide) groups is 1. The van der Waals surface area contributed by atoms with Crippen molar-refractivity contribution in [2.24, 2.45) is 17.8 Å². The van der Waals surface area contributed by atoms with Crippen LogP contribution in [0.25, 0.3) is 0 Å². The number of benzene rings is 1. The lowest BCUT2D eigenvalue weighted by molar-refractivity contribution is 0.118. The highest BCUT2D eigenvalue weighted by molar-refractivity contribution is 8.03. The molecule has 4 nitrogen and oxygen atoms in total. The summed E-state index contributed by atoms with van der Waals surface area (Å²) in [6, 6.07) is 6.69. The highest BCUT2D eigenvalue weighted by atomic mass is 32.2. The molecule has 0 spiro atoms. The zero-order chi connectivity index (χ0) is 21.1. The van der Waals surface area contributed by atoms with Gasteiger partial charge in [0.15, 0.2) is 5.76 Å². The average Bonchev–Trinajstić information content (AvgIpc) is 3.33. The van der Waals surface area contributed by atoms with E-state index >= 15 is 0 Å². The fraction of sp³-hybridized carbons (Fsp3) is 0.542. The van der Waals surface area contributed by atoms with Gasteiger partial charge in [0, 0.05) is 18.8 Å². The predicted octanol–water partition coefficient (Wildman–Crippen LogP) is 6.22. The summed E-state index contributed by atoms with van der Waals surface area (Å²) in [6.07, 6.45) is 8.84. The number of rotatable bonds is 8. The van der Waals surface area contributed by atoms with Gasteiger partial charge in [-0.1, -0.05) is 31.6 Å². The number of ether oxygens (including phenoxy) is 1. The van der Waals surface area contributed by atoms with E-state index in [4.69, 9.17) is 4.74 Å². The van der Waals surface area contributed by atoms with Crippen LogP contribution in [0.15, 0.2) is 47.2 Å². The van der Waals surface area contributed by atoms with Crippen LogP contribution in [0.2, 0.25) is 0 Å². The van der Waals surface area contributed by atoms with Gasteiger partial charge in [0.05, 0.1) is 0 Å². The van der Waals surface area contributed by atoms with Gasteiger partial charge in [0.1, 0.15) is 10.8 Å². The van der Waals surface area contributed by atoms with E-state index in [1.807, 2.05) is 18.2 Å². The van der Waals surface area contributed by atoms with E-state index in [1.165, 1.54) is 37.8 Å². The molecule has 0 aromatic heterocycles. The normalized spacial score (nSPS) is 26.3. The molecule has 30 heavy (non-hydrogen) atoms. The number of halogens is 1. The minimum Gasteiger partial charge on any atom is -0.449 e. The second kappa shape index (κ2) is 9.46. The molecule has 2 fully saturated rings. The Bertz CT molecular complexity index is 822. The van der Waals surface area contributed by atoms with E-state index in [1.54, 1.807) is 17.8 Å². The van der Waals surface area contributed by atoms with Crippen molar-refractivity contribution in [3.63, 3.8) is 0 Å². The Kier molecular flexibility index (Phi) is 6.71. The van der Waals surface area contributed by atoms with Crippen LogP contribution in [-0.4, -0.2) is 35.0 Å². The highest BCUT2D eigenvalue weighted by Crippen LogP contribution is 2.49. The fourth-order valence-corrected chi connectivity index (χ4v) is 6.51. The predicted molar refractivity (Wildman–Crippen MR) is 118 cm³/mol. The molecule has 2 aliphatic carbocycles. The van der Waals surface area contributed by atoms with Gasteiger partial charge in [-0.25, -0.2) is 9.18 Å². The van der Waals surface area contributed by atoms with Crippen molar-refractivity contribution >= 4 is 17.9 Å². The van der Waals surface area contributed by atoms with Gasteiger partial charge >= 0.3 is 6.16 Å². The van der Waals surface area contributed by atoms with Crippen LogP contribution in [-0.2, 0) is 4.74 Å². The highest BCUT2D eigenvalue weighted by Gasteiger charge is 2.40. The molecule has 1 N–H and O–H groups in total. The molecule has 0 radical (unpaired) electrons. The Morgan fingerprint density at radius 1 is 1.30 bits per heavy atom. The molecular formula is C24H30FNO3S. The maximum Gasteiger partial charge on any atom is 0.511 e. The number of fused-ring (bicyclic) bond motifs is 2. The van der Waals surface area contributed by atoms with Crippen LogP contribution in [0.4, 0.5) is 9.18 Å². The van der Waals surface area contributed by atoms with Crippen molar-refractivity contribution in [3.8, 4) is 0 Å². The van der Waals surface area contributed by atoms with Gasteiger partial charge in [-0.2, -0.15) is 0 Å². The van der Waals surface area contributed by atoms with Gasteiger partial charge in [-0.3, -0.25) is 0 Å². The minimum atomic E-state index is -1.27. The molecule has 4 unspecified atom stereocenters. The monoisotopic (exact) mass is 431 g/mol. The smallest absolute Gasteiger partial charge is 0.449 e. The standard InChI is InChI=1S/C24H30FNO3S/c1-16(18-6-8-21(25)9-7-18)10-12-30-23-22(29-24(27)28)3-2-11-26(23)15-20-14-17-4-5-19(20)13-17/h2-3,6-9,16-17,19-20H,4-5,10-15H2,1H3,(H,27,28). The Hall–Kier alpha value is -1.95. The van der Waals surface area contributed by atoms with Crippen molar-refractivity contribution in [3.05, 3.63) is 58.6 Å². The first-order valence-corrected chi connectivity index (χ1v) is 11.9. The van der Waals surface area contributed by atoms with Crippen molar-refractivity contribution in [1.82, 2.24) is 4.90 Å². The lowest BCUT2D eigenvalue weighted by Crippen LogP contribution is -2.33. The molecule has 0 amide bonds. The summed E-state index contributed by atoms with van der Waals surface area (Å²) in [5.74, 6) is 3.81. The summed E-state index contributed by atoms with van der Waals surface area (Å²) in [4.78, 5) is 13.5. The first-order chi connectivity index (χ1) is 14.5. The molecule has 0 saturated heterocycles. The zero-order valence-corrected chi connectivity index (χ0v) is 18.2. The molecule has 1 aromatic carbocycles. The summed E-state index contributed by atoms with van der Waals surface area (Å²) < 4.78 is 18.3. The summed E-state index contributed by atoms with van der Waals surface area (Å²) in [7, 11) is 0. The van der Waals surface area contributed by atoms with Crippen LogP contribution in [0.1, 0.15) is 50.5 Å². The summed E-state index contributed by atoms with van der Waals surface area (Å²) in [5, 5.41) is 10.1. The first-order valence-electron chi connectivity index (χ1n) is 10.9. The first kappa shape index (κ1) is 21.3. The van der Waals surface area contributed by atoms with Gasteiger partial charge in [0.2, 0.25) is 0 Å². The third-order valence-corrected chi connectivity index (χ3v) is 8.03. The average molecular weight is 432 g/mol. The van der Waals surface area contributed by atoms with Crippen LogP contribution in [0, 0.1) is 23.6 Å². The van der Waals surface area contributed by atoms with Crippen LogP contribution >= 0.6 is 11.8 Å². The lowest BCUT2D eigenvalue weighted by atomic mass is 9.88. The van der Waals surface area contributed by atoms with Gasteiger partial charge < -0.3 is 14.7 Å². The second-order valence-corrected chi connectivity index (χ2v) is 9.95. The number of carboxylic acid groups (broad SMARTS) is 1. The SMILES string of the molecule is CC(CCSC1=C(OC(=O)O)C=CCN1CC1CC2CCC1C2)c1ccc(F)cc1. The lowest BCUT2D eigenvalue weighted by Gasteiger charge is -2.34. The minimum absolute atomic E-state index is 0.216. The van der Waals surface area contributed by atoms with Crippen molar-refractivity contribution < 1.29 is 19.0 Å². The quantitative estimate of drug-likeness (QED) is 0.495. The molecule has 6 heteroatoms. The van der Waals surface area contributed by atoms with E-state index in [-0.39, 0.29) is 5.82 Å². The molecule has 2 saturated carbocycles. The van der Waals surface area contributed by atoms with Gasteiger partial charge in [-0.05, 0) is 73.1 Å². The Morgan fingerprint density at radius 3 is 2.77 bits per heavy atom. The molecule has 4 rings (SSSR count). The van der Waals surface area contributed by atoms with Crippen LogP contribution in [0.3, 0.4) is 0 Å². The number of nitrogens with zero attached hydrogens (tertiary/aromatic N) is 1. The molecule has 2 bridgehead atoms. The summed E-state index contributed by atoms with van der Waals surface area (Å²) in [5.41, 5.74) is 1.12. The van der Waals surface area contributed by atoms with Gasteiger partial charge in [-0.15, -0.1) is 11.8 Å². The number of carbonyl (C=O) groups is 1. The number of hydrogen-bond acceptors (Lipinski definition) is 4. The van der Waals surface area contributed by atoms with E-state index in [9.17, 15) is 14.3 Å². The van der Waals surface area contributed by atoms with Crippen molar-refractivity contribution in [1.29, 1.82) is 0 Å². The van der Waals surface area contributed by atoms with Crippen molar-refractivity contribution in [2.45, 2.75) is 44.9 Å². The Morgan fingerprint density at radius 2 is 2.10 bits per heavy atom. The largest absolute Gasteiger partial charge is 0.511 e. The second-order valence-electron chi connectivity index (χ2n) is 8.87. The zero-order valence-electron chi connectivity index (χ0n) is 17.4. The maximum atomic E-state index is 13.2. The summed E-state index contributed by atoms with van der Waals surface area (Å²) >= 11 is 1.68. The van der Waals surface area contributed by atoms with E-state index in [0.29, 0.717) is 17.6 Å². The molecular weight excluding hydrogens is 401 g/mol. The maximum absolute atomic E-state index is 13.2. The number of hydrogen-bond donors (Lipinski definition) is 1. The molecule has 4 atom stereocenters. The third kappa shape index (κ3) is 5.02. The van der Waals surface area contributed by atoms with E-state index in [2.05, 4.69) is 11.8 Å². The van der Waals surface area contributed by atoms with Gasteiger partial charge in [0.25, 0.3) is 0 Å². The summed E-state index contributed by atoms with van der Waals surface area (Å²) in [6.45, 7) is 3.93. The van der Waals surface area contributed by atoms with Crippen LogP contribution < -0.4 is 0 Å². The molecule has 3 aliphatic rings. The molecule has 1 heterocycles. The number of allylic oxidation sites excluding steroid dienone is 1. The van der Waals surface area contributed by atoms with Crippen molar-refractivity contribution in [2.75, 3.05) is 18.8 Å². The van der Waals surface area contributed by atoms with Crippen LogP contribution in [0.5, 0.6) is 0 Å². The Labute approximate surface area is 182 Å². The topological polar surface area (TPSA) is 49.8 Å². The molecule has 1 aromatic rings. The third-order valence-electron chi connectivity index (χ3n) is 6.86. The molecule has 162 valence electrons.